The van der Waals surface area contributed by atoms with Crippen molar-refractivity contribution in [2.45, 2.75) is 0 Å². The number of nitro groups is 1. The summed E-state index contributed by atoms with van der Waals surface area (Å²) in [6, 6.07) is 19.9. The Labute approximate surface area is 149 Å². The number of nitrogen functional groups attached to an aromatic ring is 1. The summed E-state index contributed by atoms with van der Waals surface area (Å²) in [5.41, 5.74) is 10.2. The zero-order valence-electron chi connectivity index (χ0n) is 13.7. The zero-order chi connectivity index (χ0) is 18.1. The highest BCUT2D eigenvalue weighted by Gasteiger charge is 2.14. The molecule has 126 valence electrons. The van der Waals surface area contributed by atoms with Crippen LogP contribution in [-0.4, -0.2) is 15.1 Å². The highest BCUT2D eigenvalue weighted by atomic mass is 16.6. The van der Waals surface area contributed by atoms with Crippen molar-refractivity contribution < 1.29 is 4.92 Å². The highest BCUT2D eigenvalue weighted by molar-refractivity contribution is 6.04. The predicted octanol–water partition coefficient (Wildman–Crippen LogP) is 4.45. The Balaban J connectivity index is 1.93. The summed E-state index contributed by atoms with van der Waals surface area (Å²) in [7, 11) is 0. The van der Waals surface area contributed by atoms with Crippen LogP contribution in [0.25, 0.3) is 33.2 Å². The molecule has 0 aliphatic rings. The average Bonchev–Trinajstić information content (AvgIpc) is 2.69. The number of hydrogen-bond acceptors (Lipinski definition) is 5. The smallest absolute Gasteiger partial charge is 0.269 e. The molecule has 0 unspecified atom stereocenters. The Morgan fingerprint density at radius 2 is 1.58 bits per heavy atom. The minimum absolute atomic E-state index is 0.0512. The van der Waals surface area contributed by atoms with Crippen molar-refractivity contribution in [3.63, 3.8) is 0 Å². The van der Waals surface area contributed by atoms with Gasteiger partial charge in [-0.2, -0.15) is 5.10 Å². The van der Waals surface area contributed by atoms with E-state index in [-0.39, 0.29) is 5.69 Å². The van der Waals surface area contributed by atoms with Crippen molar-refractivity contribution in [2.75, 3.05) is 5.73 Å². The lowest BCUT2D eigenvalue weighted by molar-refractivity contribution is -0.384. The summed E-state index contributed by atoms with van der Waals surface area (Å²) in [5, 5.41) is 21.2. The van der Waals surface area contributed by atoms with Crippen LogP contribution in [0.2, 0.25) is 0 Å². The number of fused-ring (bicyclic) bond motifs is 1. The summed E-state index contributed by atoms with van der Waals surface area (Å²) < 4.78 is 0. The Bertz CT molecular complexity index is 1120. The Morgan fingerprint density at radius 3 is 2.31 bits per heavy atom. The van der Waals surface area contributed by atoms with Crippen LogP contribution in [0, 0.1) is 10.1 Å². The summed E-state index contributed by atoms with van der Waals surface area (Å²) in [5.74, 6) is 0. The van der Waals surface area contributed by atoms with Gasteiger partial charge in [0.2, 0.25) is 0 Å². The molecule has 0 bridgehead atoms. The van der Waals surface area contributed by atoms with Crippen molar-refractivity contribution in [1.82, 2.24) is 10.2 Å². The number of hydrogen-bond donors (Lipinski definition) is 1. The lowest BCUT2D eigenvalue weighted by Gasteiger charge is -2.12. The van der Waals surface area contributed by atoms with E-state index in [2.05, 4.69) is 10.2 Å². The molecule has 0 saturated carbocycles. The number of benzene rings is 3. The quantitative estimate of drug-likeness (QED) is 0.337. The van der Waals surface area contributed by atoms with E-state index in [4.69, 9.17) is 5.73 Å². The monoisotopic (exact) mass is 342 g/mol. The fraction of sp³-hybridized carbons (Fsp3) is 0. The molecule has 0 fully saturated rings. The molecule has 4 rings (SSSR count). The number of nitrogens with zero attached hydrogens (tertiary/aromatic N) is 3. The second kappa shape index (κ2) is 6.25. The maximum Gasteiger partial charge on any atom is 0.269 e. The van der Waals surface area contributed by atoms with Crippen LogP contribution in [0.1, 0.15) is 0 Å². The average molecular weight is 342 g/mol. The van der Waals surface area contributed by atoms with Crippen molar-refractivity contribution in [1.29, 1.82) is 0 Å². The van der Waals surface area contributed by atoms with Gasteiger partial charge in [0.25, 0.3) is 5.69 Å². The summed E-state index contributed by atoms with van der Waals surface area (Å²) >= 11 is 0. The van der Waals surface area contributed by atoms with E-state index in [1.165, 1.54) is 12.1 Å². The van der Waals surface area contributed by atoms with Gasteiger partial charge in [0.1, 0.15) is 5.69 Å². The van der Waals surface area contributed by atoms with Crippen LogP contribution in [0.5, 0.6) is 0 Å². The summed E-state index contributed by atoms with van der Waals surface area (Å²) in [6.45, 7) is 0. The van der Waals surface area contributed by atoms with Gasteiger partial charge in [-0.05, 0) is 35.2 Å². The van der Waals surface area contributed by atoms with E-state index in [1.54, 1.807) is 18.3 Å². The van der Waals surface area contributed by atoms with E-state index in [9.17, 15) is 10.1 Å². The third-order valence-corrected chi connectivity index (χ3v) is 4.32. The number of aromatic nitrogens is 2. The largest absolute Gasteiger partial charge is 0.398 e. The molecule has 6 heteroatoms. The SMILES string of the molecule is Nc1ccc(-c2nnccc2-c2ccc([N+](=O)[O-])cc2)c2ccccc12. The summed E-state index contributed by atoms with van der Waals surface area (Å²) in [4.78, 5) is 10.5. The number of anilines is 1. The molecular weight excluding hydrogens is 328 g/mol. The zero-order valence-corrected chi connectivity index (χ0v) is 13.7. The fourth-order valence-electron chi connectivity index (χ4n) is 3.06. The van der Waals surface area contributed by atoms with Gasteiger partial charge < -0.3 is 5.73 Å². The van der Waals surface area contributed by atoms with Crippen molar-refractivity contribution in [3.05, 3.63) is 83.0 Å². The lowest BCUT2D eigenvalue weighted by atomic mass is 9.95. The van der Waals surface area contributed by atoms with E-state index in [0.717, 1.165) is 27.5 Å². The topological polar surface area (TPSA) is 94.9 Å². The standard InChI is InChI=1S/C20H14N4O2/c21-19-10-9-18(16-3-1-2-4-17(16)19)20-15(11-12-22-23-20)13-5-7-14(8-6-13)24(25)26/h1-12H,21H2. The van der Waals surface area contributed by atoms with Crippen molar-refractivity contribution >= 4 is 22.1 Å². The van der Waals surface area contributed by atoms with Gasteiger partial charge in [0, 0.05) is 34.3 Å². The molecule has 6 nitrogen and oxygen atoms in total. The summed E-state index contributed by atoms with van der Waals surface area (Å²) in [6.07, 6.45) is 1.61. The number of nitrogens with two attached hydrogens (primary N) is 1. The number of nitro benzene ring substituents is 1. The van der Waals surface area contributed by atoms with Crippen LogP contribution in [0.3, 0.4) is 0 Å². The van der Waals surface area contributed by atoms with E-state index in [1.807, 2.05) is 42.5 Å². The van der Waals surface area contributed by atoms with Crippen LogP contribution in [0.4, 0.5) is 11.4 Å². The Kier molecular flexibility index (Phi) is 3.78. The Morgan fingerprint density at radius 1 is 0.846 bits per heavy atom. The molecule has 1 heterocycles. The van der Waals surface area contributed by atoms with Gasteiger partial charge in [0.05, 0.1) is 11.1 Å². The van der Waals surface area contributed by atoms with Crippen molar-refractivity contribution in [3.8, 4) is 22.4 Å². The van der Waals surface area contributed by atoms with E-state index in [0.29, 0.717) is 11.4 Å². The van der Waals surface area contributed by atoms with Crippen LogP contribution >= 0.6 is 0 Å². The second-order valence-corrected chi connectivity index (χ2v) is 5.85. The molecular formula is C20H14N4O2. The van der Waals surface area contributed by atoms with Crippen LogP contribution in [-0.2, 0) is 0 Å². The molecule has 26 heavy (non-hydrogen) atoms. The third-order valence-electron chi connectivity index (χ3n) is 4.32. The first kappa shape index (κ1) is 15.7. The van der Waals surface area contributed by atoms with E-state index >= 15 is 0 Å². The van der Waals surface area contributed by atoms with E-state index < -0.39 is 4.92 Å². The first-order valence-electron chi connectivity index (χ1n) is 7.99. The molecule has 0 radical (unpaired) electrons. The molecule has 4 aromatic rings. The van der Waals surface area contributed by atoms with Gasteiger partial charge in [-0.1, -0.05) is 30.3 Å². The normalized spacial score (nSPS) is 10.8. The molecule has 0 saturated heterocycles. The molecule has 1 aromatic heterocycles. The first-order chi connectivity index (χ1) is 12.6. The van der Waals surface area contributed by atoms with Gasteiger partial charge in [-0.25, -0.2) is 0 Å². The molecule has 0 atom stereocenters. The Hall–Kier alpha value is -3.80. The van der Waals surface area contributed by atoms with Crippen LogP contribution < -0.4 is 5.73 Å². The third kappa shape index (κ3) is 2.63. The lowest BCUT2D eigenvalue weighted by Crippen LogP contribution is -1.95. The molecule has 0 aliphatic carbocycles. The highest BCUT2D eigenvalue weighted by Crippen LogP contribution is 2.36. The molecule has 0 spiro atoms. The van der Waals surface area contributed by atoms with Gasteiger partial charge in [-0.3, -0.25) is 10.1 Å². The van der Waals surface area contributed by atoms with Crippen molar-refractivity contribution in [2.24, 2.45) is 0 Å². The maximum atomic E-state index is 10.9. The first-order valence-corrected chi connectivity index (χ1v) is 7.99. The fourth-order valence-corrected chi connectivity index (χ4v) is 3.06. The second-order valence-electron chi connectivity index (χ2n) is 5.85. The molecule has 3 aromatic carbocycles. The minimum atomic E-state index is -0.414. The van der Waals surface area contributed by atoms with Crippen LogP contribution in [0.15, 0.2) is 72.9 Å². The maximum absolute atomic E-state index is 10.9. The number of non-ortho nitro benzene ring substituents is 1. The molecule has 2 N–H and O–H groups in total. The number of rotatable bonds is 3. The minimum Gasteiger partial charge on any atom is -0.398 e. The molecule has 0 aliphatic heterocycles. The van der Waals surface area contributed by atoms with Gasteiger partial charge >= 0.3 is 0 Å². The molecule has 0 amide bonds. The van der Waals surface area contributed by atoms with Gasteiger partial charge in [0.15, 0.2) is 0 Å². The predicted molar refractivity (Wildman–Crippen MR) is 101 cm³/mol. The van der Waals surface area contributed by atoms with Gasteiger partial charge in [-0.15, -0.1) is 5.10 Å².